The number of rotatable bonds is 5. The Morgan fingerprint density at radius 2 is 1.73 bits per heavy atom. The molecule has 0 aromatic heterocycles. The van der Waals surface area contributed by atoms with Gasteiger partial charge >= 0.3 is 0 Å². The van der Waals surface area contributed by atoms with Crippen molar-refractivity contribution >= 4 is 0 Å². The molecule has 0 bridgehead atoms. The Balaban J connectivity index is 2.09. The molecule has 1 rings (SSSR count). The van der Waals surface area contributed by atoms with E-state index in [1.165, 1.54) is 19.3 Å². The summed E-state index contributed by atoms with van der Waals surface area (Å²) in [5.74, 6) is 1.57. The highest BCUT2D eigenvalue weighted by Gasteiger charge is 2.19. The summed E-state index contributed by atoms with van der Waals surface area (Å²) < 4.78 is 0. The summed E-state index contributed by atoms with van der Waals surface area (Å²) in [4.78, 5) is 0. The second-order valence-electron chi connectivity index (χ2n) is 5.61. The van der Waals surface area contributed by atoms with Gasteiger partial charge in [-0.1, -0.05) is 13.8 Å². The van der Waals surface area contributed by atoms with Crippen LogP contribution in [0, 0.1) is 11.8 Å². The Bertz CT molecular complexity index is 162. The minimum absolute atomic E-state index is 0.0191. The van der Waals surface area contributed by atoms with Crippen LogP contribution in [0.5, 0.6) is 0 Å². The molecule has 1 saturated carbocycles. The topological polar surface area (TPSA) is 32.3 Å². The molecule has 90 valence electrons. The first-order valence-electron chi connectivity index (χ1n) is 6.49. The molecule has 0 spiro atoms. The van der Waals surface area contributed by atoms with Crippen LogP contribution in [0.3, 0.4) is 0 Å². The molecule has 1 atom stereocenters. The van der Waals surface area contributed by atoms with Gasteiger partial charge in [-0.3, -0.25) is 0 Å². The van der Waals surface area contributed by atoms with E-state index in [-0.39, 0.29) is 6.10 Å². The summed E-state index contributed by atoms with van der Waals surface area (Å²) in [6.07, 6.45) is 5.64. The normalized spacial score (nSPS) is 29.4. The molecule has 0 aliphatic heterocycles. The fraction of sp³-hybridized carbons (Fsp3) is 1.00. The first kappa shape index (κ1) is 13.0. The van der Waals surface area contributed by atoms with Gasteiger partial charge in [-0.2, -0.15) is 0 Å². The lowest BCUT2D eigenvalue weighted by Gasteiger charge is -2.27. The summed E-state index contributed by atoms with van der Waals surface area (Å²) in [6, 6.07) is 0.636. The SMILES string of the molecule is CC(C)CC(C)NCC1CCC(O)CC1. The van der Waals surface area contributed by atoms with Gasteiger partial charge in [0.2, 0.25) is 0 Å². The van der Waals surface area contributed by atoms with Gasteiger partial charge in [0.25, 0.3) is 0 Å². The molecule has 2 N–H and O–H groups in total. The Kier molecular flexibility index (Phi) is 5.62. The van der Waals surface area contributed by atoms with Gasteiger partial charge in [0.05, 0.1) is 6.10 Å². The van der Waals surface area contributed by atoms with Crippen molar-refractivity contribution in [2.75, 3.05) is 6.54 Å². The van der Waals surface area contributed by atoms with Crippen molar-refractivity contribution in [2.45, 2.75) is 65.0 Å². The third-order valence-electron chi connectivity index (χ3n) is 3.40. The highest BCUT2D eigenvalue weighted by Crippen LogP contribution is 2.23. The summed E-state index contributed by atoms with van der Waals surface area (Å²) in [6.45, 7) is 7.96. The van der Waals surface area contributed by atoms with Gasteiger partial charge in [0.1, 0.15) is 0 Å². The zero-order valence-corrected chi connectivity index (χ0v) is 10.5. The monoisotopic (exact) mass is 213 g/mol. The van der Waals surface area contributed by atoms with Gasteiger partial charge in [-0.05, 0) is 57.4 Å². The summed E-state index contributed by atoms with van der Waals surface area (Å²) in [5.41, 5.74) is 0. The van der Waals surface area contributed by atoms with Gasteiger partial charge in [-0.25, -0.2) is 0 Å². The van der Waals surface area contributed by atoms with Crippen LogP contribution in [0.4, 0.5) is 0 Å². The molecule has 0 radical (unpaired) electrons. The molecule has 1 aliphatic rings. The van der Waals surface area contributed by atoms with Crippen molar-refractivity contribution in [1.82, 2.24) is 5.32 Å². The van der Waals surface area contributed by atoms with Crippen LogP contribution in [0.25, 0.3) is 0 Å². The molecule has 2 nitrogen and oxygen atoms in total. The van der Waals surface area contributed by atoms with E-state index in [4.69, 9.17) is 0 Å². The smallest absolute Gasteiger partial charge is 0.0540 e. The van der Waals surface area contributed by atoms with E-state index in [0.29, 0.717) is 6.04 Å². The fourth-order valence-corrected chi connectivity index (χ4v) is 2.51. The van der Waals surface area contributed by atoms with Crippen molar-refractivity contribution in [2.24, 2.45) is 11.8 Å². The Hall–Kier alpha value is -0.0800. The average molecular weight is 213 g/mol. The predicted molar refractivity (Wildman–Crippen MR) is 64.9 cm³/mol. The molecule has 1 fully saturated rings. The molecule has 1 unspecified atom stereocenters. The predicted octanol–water partition coefficient (Wildman–Crippen LogP) is 2.56. The zero-order valence-electron chi connectivity index (χ0n) is 10.5. The molecule has 0 saturated heterocycles. The fourth-order valence-electron chi connectivity index (χ4n) is 2.51. The van der Waals surface area contributed by atoms with Crippen LogP contribution < -0.4 is 5.32 Å². The number of nitrogens with one attached hydrogen (secondary N) is 1. The molecule has 0 aromatic carbocycles. The minimum atomic E-state index is -0.0191. The van der Waals surface area contributed by atoms with Crippen molar-refractivity contribution in [1.29, 1.82) is 0 Å². The maximum absolute atomic E-state index is 9.40. The van der Waals surface area contributed by atoms with Gasteiger partial charge in [0.15, 0.2) is 0 Å². The summed E-state index contributed by atoms with van der Waals surface area (Å²) in [7, 11) is 0. The summed E-state index contributed by atoms with van der Waals surface area (Å²) >= 11 is 0. The molecular formula is C13H27NO. The molecule has 0 heterocycles. The first-order chi connectivity index (χ1) is 7.08. The second-order valence-corrected chi connectivity index (χ2v) is 5.61. The van der Waals surface area contributed by atoms with Crippen molar-refractivity contribution < 1.29 is 5.11 Å². The third-order valence-corrected chi connectivity index (χ3v) is 3.40. The van der Waals surface area contributed by atoms with Crippen LogP contribution in [-0.2, 0) is 0 Å². The van der Waals surface area contributed by atoms with E-state index >= 15 is 0 Å². The number of hydrogen-bond donors (Lipinski definition) is 2. The minimum Gasteiger partial charge on any atom is -0.393 e. The highest BCUT2D eigenvalue weighted by atomic mass is 16.3. The molecule has 1 aliphatic carbocycles. The Morgan fingerprint density at radius 1 is 1.13 bits per heavy atom. The van der Waals surface area contributed by atoms with Crippen molar-refractivity contribution in [3.63, 3.8) is 0 Å². The van der Waals surface area contributed by atoms with Crippen LogP contribution >= 0.6 is 0 Å². The van der Waals surface area contributed by atoms with E-state index in [9.17, 15) is 5.11 Å². The lowest BCUT2D eigenvalue weighted by Crippen LogP contribution is -2.34. The van der Waals surface area contributed by atoms with Crippen molar-refractivity contribution in [3.8, 4) is 0 Å². The zero-order chi connectivity index (χ0) is 11.3. The standard InChI is InChI=1S/C13H27NO/c1-10(2)8-11(3)14-9-12-4-6-13(15)7-5-12/h10-15H,4-9H2,1-3H3. The van der Waals surface area contributed by atoms with E-state index in [0.717, 1.165) is 31.2 Å². The van der Waals surface area contributed by atoms with Crippen LogP contribution in [0.1, 0.15) is 52.9 Å². The largest absolute Gasteiger partial charge is 0.393 e. The van der Waals surface area contributed by atoms with E-state index in [1.54, 1.807) is 0 Å². The van der Waals surface area contributed by atoms with Gasteiger partial charge in [0, 0.05) is 6.04 Å². The summed E-state index contributed by atoms with van der Waals surface area (Å²) in [5, 5.41) is 13.0. The van der Waals surface area contributed by atoms with Gasteiger partial charge < -0.3 is 10.4 Å². The van der Waals surface area contributed by atoms with Crippen LogP contribution in [0.2, 0.25) is 0 Å². The average Bonchev–Trinajstić information content (AvgIpc) is 2.16. The number of aliphatic hydroxyl groups is 1. The Labute approximate surface area is 94.5 Å². The third kappa shape index (κ3) is 5.53. The number of hydrogen-bond acceptors (Lipinski definition) is 2. The lowest BCUT2D eigenvalue weighted by atomic mass is 9.87. The maximum Gasteiger partial charge on any atom is 0.0540 e. The molecule has 2 heteroatoms. The van der Waals surface area contributed by atoms with E-state index < -0.39 is 0 Å². The van der Waals surface area contributed by atoms with Crippen molar-refractivity contribution in [3.05, 3.63) is 0 Å². The second kappa shape index (κ2) is 6.49. The highest BCUT2D eigenvalue weighted by molar-refractivity contribution is 4.74. The molecule has 15 heavy (non-hydrogen) atoms. The van der Waals surface area contributed by atoms with E-state index in [1.807, 2.05) is 0 Å². The van der Waals surface area contributed by atoms with Crippen LogP contribution in [0.15, 0.2) is 0 Å². The Morgan fingerprint density at radius 3 is 2.27 bits per heavy atom. The van der Waals surface area contributed by atoms with E-state index in [2.05, 4.69) is 26.1 Å². The molecular weight excluding hydrogens is 186 g/mol. The number of aliphatic hydroxyl groups excluding tert-OH is 1. The molecule has 0 amide bonds. The van der Waals surface area contributed by atoms with Crippen LogP contribution in [-0.4, -0.2) is 23.8 Å². The van der Waals surface area contributed by atoms with Gasteiger partial charge in [-0.15, -0.1) is 0 Å². The first-order valence-corrected chi connectivity index (χ1v) is 6.49. The lowest BCUT2D eigenvalue weighted by molar-refractivity contribution is 0.107. The maximum atomic E-state index is 9.40. The molecule has 0 aromatic rings. The quantitative estimate of drug-likeness (QED) is 0.735.